The molecule has 0 unspecified atom stereocenters. The molecule has 3 aromatic carbocycles. The second kappa shape index (κ2) is 7.39. The van der Waals surface area contributed by atoms with Crippen molar-refractivity contribution < 1.29 is 23.8 Å². The first-order valence-corrected chi connectivity index (χ1v) is 9.11. The number of aryl methyl sites for hydroxylation is 1. The van der Waals surface area contributed by atoms with Gasteiger partial charge < -0.3 is 9.84 Å². The zero-order chi connectivity index (χ0) is 20.5. The van der Waals surface area contributed by atoms with Crippen LogP contribution in [-0.4, -0.2) is 23.8 Å². The predicted molar refractivity (Wildman–Crippen MR) is 107 cm³/mol. The molecular formula is C23H18FNO4. The summed E-state index contributed by atoms with van der Waals surface area (Å²) >= 11 is 0. The number of hydrogen-bond acceptors (Lipinski definition) is 3. The van der Waals surface area contributed by atoms with Crippen molar-refractivity contribution in [3.8, 4) is 11.1 Å². The Morgan fingerprint density at radius 2 is 1.59 bits per heavy atom. The summed E-state index contributed by atoms with van der Waals surface area (Å²) in [6.07, 6.45) is -0.904. The zero-order valence-corrected chi connectivity index (χ0v) is 15.6. The highest BCUT2D eigenvalue weighted by atomic mass is 19.1. The van der Waals surface area contributed by atoms with E-state index in [0.717, 1.165) is 22.3 Å². The predicted octanol–water partition coefficient (Wildman–Crippen LogP) is 5.19. The highest BCUT2D eigenvalue weighted by Gasteiger charge is 2.29. The van der Waals surface area contributed by atoms with Crippen LogP contribution in [0.2, 0.25) is 0 Å². The summed E-state index contributed by atoms with van der Waals surface area (Å²) in [4.78, 5) is 23.7. The molecule has 1 aliphatic rings. The van der Waals surface area contributed by atoms with E-state index in [1.165, 1.54) is 19.1 Å². The topological polar surface area (TPSA) is 75.6 Å². The van der Waals surface area contributed by atoms with Gasteiger partial charge in [-0.25, -0.2) is 14.0 Å². The van der Waals surface area contributed by atoms with Crippen LogP contribution in [0.3, 0.4) is 0 Å². The van der Waals surface area contributed by atoms with Crippen molar-refractivity contribution in [3.05, 3.63) is 88.7 Å². The SMILES string of the molecule is Cc1ccc(C(=O)O)c(NC(=O)OCC2c3ccccc3-c3ccccc32)c1F. The fourth-order valence-electron chi connectivity index (χ4n) is 3.72. The summed E-state index contributed by atoms with van der Waals surface area (Å²) in [6.45, 7) is 1.54. The van der Waals surface area contributed by atoms with Gasteiger partial charge in [0.2, 0.25) is 0 Å². The molecule has 6 heteroatoms. The molecule has 0 radical (unpaired) electrons. The van der Waals surface area contributed by atoms with Gasteiger partial charge in [-0.1, -0.05) is 54.6 Å². The van der Waals surface area contributed by atoms with Crippen molar-refractivity contribution in [3.63, 3.8) is 0 Å². The minimum atomic E-state index is -1.34. The standard InChI is InChI=1S/C23H18FNO4/c1-13-10-11-18(22(26)27)21(20(13)24)25-23(28)29-12-19-16-8-4-2-6-14(16)15-7-3-5-9-17(15)19/h2-11,19H,12H2,1H3,(H,25,28)(H,26,27). The number of halogens is 1. The van der Waals surface area contributed by atoms with Crippen LogP contribution in [0, 0.1) is 12.7 Å². The van der Waals surface area contributed by atoms with Gasteiger partial charge in [0.15, 0.2) is 5.82 Å². The monoisotopic (exact) mass is 391 g/mol. The van der Waals surface area contributed by atoms with E-state index in [0.29, 0.717) is 0 Å². The average Bonchev–Trinajstić information content (AvgIpc) is 3.03. The summed E-state index contributed by atoms with van der Waals surface area (Å²) in [7, 11) is 0. The van der Waals surface area contributed by atoms with Gasteiger partial charge in [0.25, 0.3) is 0 Å². The average molecular weight is 391 g/mol. The van der Waals surface area contributed by atoms with Crippen molar-refractivity contribution in [1.82, 2.24) is 0 Å². The third-order valence-electron chi connectivity index (χ3n) is 5.14. The largest absolute Gasteiger partial charge is 0.478 e. The van der Waals surface area contributed by atoms with Crippen molar-refractivity contribution in [2.45, 2.75) is 12.8 Å². The Kier molecular flexibility index (Phi) is 4.76. The molecule has 0 atom stereocenters. The molecule has 0 bridgehead atoms. The lowest BCUT2D eigenvalue weighted by molar-refractivity contribution is 0.0697. The van der Waals surface area contributed by atoms with Crippen molar-refractivity contribution >= 4 is 17.7 Å². The lowest BCUT2D eigenvalue weighted by Gasteiger charge is -2.16. The molecule has 0 heterocycles. The van der Waals surface area contributed by atoms with Crippen molar-refractivity contribution in [2.24, 2.45) is 0 Å². The molecule has 3 aromatic rings. The second-order valence-corrected chi connectivity index (χ2v) is 6.87. The lowest BCUT2D eigenvalue weighted by Crippen LogP contribution is -2.20. The molecule has 0 fully saturated rings. The van der Waals surface area contributed by atoms with Crippen LogP contribution < -0.4 is 5.32 Å². The van der Waals surface area contributed by atoms with Crippen LogP contribution in [0.15, 0.2) is 60.7 Å². The molecule has 0 saturated carbocycles. The minimum absolute atomic E-state index is 0.0513. The third-order valence-corrected chi connectivity index (χ3v) is 5.14. The smallest absolute Gasteiger partial charge is 0.411 e. The van der Waals surface area contributed by atoms with Gasteiger partial charge in [0, 0.05) is 5.92 Å². The zero-order valence-electron chi connectivity index (χ0n) is 15.6. The highest BCUT2D eigenvalue weighted by molar-refractivity contribution is 5.99. The first-order valence-electron chi connectivity index (χ1n) is 9.11. The van der Waals surface area contributed by atoms with E-state index >= 15 is 0 Å². The first kappa shape index (κ1) is 18.7. The number of nitrogens with one attached hydrogen (secondary N) is 1. The van der Waals surface area contributed by atoms with Crippen LogP contribution >= 0.6 is 0 Å². The van der Waals surface area contributed by atoms with Gasteiger partial charge in [-0.3, -0.25) is 5.32 Å². The van der Waals surface area contributed by atoms with E-state index in [1.54, 1.807) is 0 Å². The number of amides is 1. The maximum atomic E-state index is 14.4. The molecular weight excluding hydrogens is 373 g/mol. The van der Waals surface area contributed by atoms with Crippen molar-refractivity contribution in [1.29, 1.82) is 0 Å². The number of benzene rings is 3. The first-order chi connectivity index (χ1) is 14.0. The number of carbonyl (C=O) groups is 2. The molecule has 1 amide bonds. The number of carbonyl (C=O) groups excluding carboxylic acids is 1. The summed E-state index contributed by atoms with van der Waals surface area (Å²) in [6, 6.07) is 18.4. The Bertz CT molecular complexity index is 1080. The maximum absolute atomic E-state index is 14.4. The van der Waals surface area contributed by atoms with E-state index in [2.05, 4.69) is 5.32 Å². The highest BCUT2D eigenvalue weighted by Crippen LogP contribution is 2.44. The van der Waals surface area contributed by atoms with E-state index in [4.69, 9.17) is 4.74 Å². The molecule has 2 N–H and O–H groups in total. The molecule has 1 aliphatic carbocycles. The van der Waals surface area contributed by atoms with Gasteiger partial charge in [-0.05, 0) is 40.8 Å². The molecule has 0 aliphatic heterocycles. The molecule has 29 heavy (non-hydrogen) atoms. The fraction of sp³-hybridized carbons (Fsp3) is 0.130. The third kappa shape index (κ3) is 3.33. The van der Waals surface area contributed by atoms with Crippen molar-refractivity contribution in [2.75, 3.05) is 11.9 Å². The number of aromatic carboxylic acids is 1. The van der Waals surface area contributed by atoms with Crippen LogP contribution in [0.25, 0.3) is 11.1 Å². The van der Waals surface area contributed by atoms with Gasteiger partial charge in [0.1, 0.15) is 6.61 Å². The number of carboxylic acids is 1. The molecule has 4 rings (SSSR count). The van der Waals surface area contributed by atoms with Gasteiger partial charge in [-0.15, -0.1) is 0 Å². The summed E-state index contributed by atoms with van der Waals surface area (Å²) in [5, 5.41) is 11.5. The second-order valence-electron chi connectivity index (χ2n) is 6.87. The van der Waals surface area contributed by atoms with Crippen LogP contribution in [0.4, 0.5) is 14.9 Å². The van der Waals surface area contributed by atoms with E-state index in [-0.39, 0.29) is 23.7 Å². The Morgan fingerprint density at radius 3 is 2.17 bits per heavy atom. The number of carboxylic acid groups (broad SMARTS) is 1. The Hall–Kier alpha value is -3.67. The molecule has 146 valence electrons. The Labute approximate surface area is 166 Å². The number of rotatable bonds is 4. The maximum Gasteiger partial charge on any atom is 0.411 e. The van der Waals surface area contributed by atoms with E-state index < -0.39 is 23.6 Å². The Morgan fingerprint density at radius 1 is 1.00 bits per heavy atom. The molecule has 0 aromatic heterocycles. The number of fused-ring (bicyclic) bond motifs is 3. The number of anilines is 1. The summed E-state index contributed by atoms with van der Waals surface area (Å²) in [5.41, 5.74) is 3.79. The van der Waals surface area contributed by atoms with E-state index in [9.17, 15) is 19.1 Å². The molecule has 0 saturated heterocycles. The normalized spacial score (nSPS) is 12.2. The van der Waals surface area contributed by atoms with Crippen LogP contribution in [0.1, 0.15) is 33.0 Å². The lowest BCUT2D eigenvalue weighted by atomic mass is 9.98. The van der Waals surface area contributed by atoms with Gasteiger partial charge >= 0.3 is 12.1 Å². The quantitative estimate of drug-likeness (QED) is 0.641. The van der Waals surface area contributed by atoms with E-state index in [1.807, 2.05) is 48.5 Å². The number of hydrogen-bond donors (Lipinski definition) is 2. The van der Waals surface area contributed by atoms with Gasteiger partial charge in [-0.2, -0.15) is 0 Å². The summed E-state index contributed by atoms with van der Waals surface area (Å²) < 4.78 is 19.7. The van der Waals surface area contributed by atoms with Gasteiger partial charge in [0.05, 0.1) is 11.3 Å². The Balaban J connectivity index is 1.55. The number of ether oxygens (including phenoxy) is 1. The molecule has 5 nitrogen and oxygen atoms in total. The van der Waals surface area contributed by atoms with Crippen LogP contribution in [0.5, 0.6) is 0 Å². The fourth-order valence-corrected chi connectivity index (χ4v) is 3.72. The minimum Gasteiger partial charge on any atom is -0.478 e. The van der Waals surface area contributed by atoms with Crippen LogP contribution in [-0.2, 0) is 4.74 Å². The summed E-state index contributed by atoms with van der Waals surface area (Å²) in [5.74, 6) is -2.27. The molecule has 0 spiro atoms.